The summed E-state index contributed by atoms with van der Waals surface area (Å²) < 4.78 is 25.9. The van der Waals surface area contributed by atoms with E-state index in [4.69, 9.17) is 5.11 Å². The maximum Gasteiger partial charge on any atom is 0.161 e. The Bertz CT molecular complexity index is 254. The van der Waals surface area contributed by atoms with E-state index in [1.807, 2.05) is 0 Å². The van der Waals surface area contributed by atoms with Gasteiger partial charge in [0.15, 0.2) is 11.7 Å². The summed E-state index contributed by atoms with van der Waals surface area (Å²) in [4.78, 5) is 0. The van der Waals surface area contributed by atoms with Crippen molar-refractivity contribution in [3.63, 3.8) is 0 Å². The van der Waals surface area contributed by atoms with Gasteiger partial charge in [0.2, 0.25) is 0 Å². The Hall–Kier alpha value is -0.960. The van der Waals surface area contributed by atoms with Gasteiger partial charge in [-0.25, -0.2) is 8.78 Å². The van der Waals surface area contributed by atoms with Gasteiger partial charge in [0, 0.05) is 0 Å². The van der Waals surface area contributed by atoms with Crippen LogP contribution in [0.15, 0.2) is 36.5 Å². The van der Waals surface area contributed by atoms with Crippen LogP contribution >= 0.6 is 0 Å². The van der Waals surface area contributed by atoms with E-state index < -0.39 is 17.8 Å². The molecule has 3 heteroatoms. The van der Waals surface area contributed by atoms with E-state index >= 15 is 0 Å². The molecule has 0 saturated heterocycles. The largest absolute Gasteiger partial charge is 0.393 e. The van der Waals surface area contributed by atoms with Gasteiger partial charge in [-0.05, 0) is 30.9 Å². The number of hydrogen-bond acceptors (Lipinski definition) is 1. The lowest BCUT2D eigenvalue weighted by Gasteiger charge is -2.14. The summed E-state index contributed by atoms with van der Waals surface area (Å²) in [6, 6.07) is 0. The first kappa shape index (κ1) is 13.0. The summed E-state index contributed by atoms with van der Waals surface area (Å²) in [7, 11) is 0. The van der Waals surface area contributed by atoms with Crippen LogP contribution in [0.25, 0.3) is 0 Å². The molecule has 0 rings (SSSR count). The topological polar surface area (TPSA) is 20.2 Å². The Balaban J connectivity index is 4.55. The van der Waals surface area contributed by atoms with Gasteiger partial charge in [-0.3, -0.25) is 0 Å². The molecule has 0 aromatic rings. The highest BCUT2D eigenvalue weighted by atomic mass is 19.2. The molecule has 0 spiro atoms. The third-order valence-corrected chi connectivity index (χ3v) is 1.96. The van der Waals surface area contributed by atoms with Crippen molar-refractivity contribution in [1.82, 2.24) is 0 Å². The van der Waals surface area contributed by atoms with Crippen molar-refractivity contribution in [2.45, 2.75) is 26.4 Å². The molecule has 0 radical (unpaired) electrons. The molecule has 1 N–H and O–H groups in total. The van der Waals surface area contributed by atoms with Gasteiger partial charge in [0.1, 0.15) is 0 Å². The molecule has 0 amide bonds. The first-order chi connectivity index (χ1) is 6.40. The third-order valence-electron chi connectivity index (χ3n) is 1.96. The summed E-state index contributed by atoms with van der Waals surface area (Å²) in [6.07, 6.45) is 0.605. The lowest BCUT2D eigenvalue weighted by atomic mass is 9.95. The minimum absolute atomic E-state index is 0.0586. The van der Waals surface area contributed by atoms with Gasteiger partial charge >= 0.3 is 0 Å². The Morgan fingerprint density at radius 1 is 1.43 bits per heavy atom. The second kappa shape index (κ2) is 5.70. The molecule has 0 fully saturated rings. The molecule has 0 aromatic heterocycles. The van der Waals surface area contributed by atoms with E-state index in [1.165, 1.54) is 0 Å². The van der Waals surface area contributed by atoms with Crippen LogP contribution in [0, 0.1) is 5.92 Å². The Morgan fingerprint density at radius 3 is 2.29 bits per heavy atom. The van der Waals surface area contributed by atoms with Gasteiger partial charge in [-0.1, -0.05) is 20.1 Å². The average Bonchev–Trinajstić information content (AvgIpc) is 2.13. The molecule has 2 unspecified atom stereocenters. The zero-order chi connectivity index (χ0) is 11.3. The summed E-state index contributed by atoms with van der Waals surface area (Å²) in [5, 5.41) is 9.06. The lowest BCUT2D eigenvalue weighted by molar-refractivity contribution is 0.170. The van der Waals surface area contributed by atoms with Crippen molar-refractivity contribution in [2.75, 3.05) is 0 Å². The molecule has 1 nitrogen and oxygen atoms in total. The van der Waals surface area contributed by atoms with Gasteiger partial charge in [-0.2, -0.15) is 0 Å². The van der Waals surface area contributed by atoms with E-state index in [-0.39, 0.29) is 11.5 Å². The fourth-order valence-electron chi connectivity index (χ4n) is 1.11. The van der Waals surface area contributed by atoms with Crippen LogP contribution in [0.4, 0.5) is 8.78 Å². The van der Waals surface area contributed by atoms with Crippen LogP contribution in [0.1, 0.15) is 20.3 Å². The molecule has 0 aliphatic heterocycles. The molecule has 0 saturated carbocycles. The fraction of sp³-hybridized carbons (Fsp3) is 0.455. The first-order valence-corrected chi connectivity index (χ1v) is 4.45. The van der Waals surface area contributed by atoms with Crippen molar-refractivity contribution in [3.05, 3.63) is 36.5 Å². The predicted molar refractivity (Wildman–Crippen MR) is 54.0 cm³/mol. The summed E-state index contributed by atoms with van der Waals surface area (Å²) in [6.45, 7) is 9.84. The highest BCUT2D eigenvalue weighted by Gasteiger charge is 2.16. The van der Waals surface area contributed by atoms with E-state index in [2.05, 4.69) is 13.2 Å². The second-order valence-corrected chi connectivity index (χ2v) is 3.38. The van der Waals surface area contributed by atoms with Crippen LogP contribution in [0.3, 0.4) is 0 Å². The van der Waals surface area contributed by atoms with Crippen LogP contribution in [-0.4, -0.2) is 11.2 Å². The van der Waals surface area contributed by atoms with E-state index in [1.54, 1.807) is 13.8 Å². The number of aliphatic hydroxyl groups excluding tert-OH is 1. The van der Waals surface area contributed by atoms with E-state index in [9.17, 15) is 8.78 Å². The average molecular weight is 202 g/mol. The van der Waals surface area contributed by atoms with Crippen molar-refractivity contribution in [3.8, 4) is 0 Å². The Labute approximate surface area is 83.4 Å². The lowest BCUT2D eigenvalue weighted by Crippen LogP contribution is -2.09. The highest BCUT2D eigenvalue weighted by molar-refractivity contribution is 5.30. The minimum atomic E-state index is -1.01. The van der Waals surface area contributed by atoms with Crippen LogP contribution in [0.5, 0.6) is 0 Å². The maximum atomic E-state index is 13.1. The number of allylic oxidation sites excluding steroid dienone is 4. The zero-order valence-corrected chi connectivity index (χ0v) is 8.56. The maximum absolute atomic E-state index is 13.1. The SMILES string of the molecule is C=C/C(F)=C(/F)C(=C)C(C)CC(C)O. The molecule has 0 aliphatic rings. The number of halogens is 2. The number of rotatable bonds is 5. The van der Waals surface area contributed by atoms with Crippen LogP contribution in [0.2, 0.25) is 0 Å². The first-order valence-electron chi connectivity index (χ1n) is 4.45. The van der Waals surface area contributed by atoms with Crippen LogP contribution < -0.4 is 0 Å². The minimum Gasteiger partial charge on any atom is -0.393 e. The Morgan fingerprint density at radius 2 is 1.93 bits per heavy atom. The van der Waals surface area contributed by atoms with Gasteiger partial charge in [-0.15, -0.1) is 0 Å². The van der Waals surface area contributed by atoms with Gasteiger partial charge < -0.3 is 5.11 Å². The summed E-state index contributed by atoms with van der Waals surface area (Å²) in [5.74, 6) is -2.28. The number of aliphatic hydroxyl groups is 1. The summed E-state index contributed by atoms with van der Waals surface area (Å²) in [5.41, 5.74) is 0.0586. The zero-order valence-electron chi connectivity index (χ0n) is 8.56. The molecule has 80 valence electrons. The number of hydrogen-bond donors (Lipinski definition) is 1. The van der Waals surface area contributed by atoms with E-state index in [0.29, 0.717) is 6.42 Å². The predicted octanol–water partition coefficient (Wildman–Crippen LogP) is 3.29. The second-order valence-electron chi connectivity index (χ2n) is 3.38. The van der Waals surface area contributed by atoms with Crippen molar-refractivity contribution in [2.24, 2.45) is 5.92 Å². The van der Waals surface area contributed by atoms with Crippen molar-refractivity contribution < 1.29 is 13.9 Å². The molecular weight excluding hydrogens is 186 g/mol. The van der Waals surface area contributed by atoms with Gasteiger partial charge in [0.05, 0.1) is 6.10 Å². The normalized spacial score (nSPS) is 16.9. The smallest absolute Gasteiger partial charge is 0.161 e. The highest BCUT2D eigenvalue weighted by Crippen LogP contribution is 2.26. The summed E-state index contributed by atoms with van der Waals surface area (Å²) >= 11 is 0. The molecule has 0 aromatic carbocycles. The standard InChI is InChI=1S/C11H16F2O/c1-5-10(12)11(13)9(4)7(2)6-8(3)14/h5,7-8,14H,1,4,6H2,2-3H3/b11-10-. The third kappa shape index (κ3) is 3.83. The fourth-order valence-corrected chi connectivity index (χ4v) is 1.11. The Kier molecular flexibility index (Phi) is 5.31. The molecule has 2 atom stereocenters. The van der Waals surface area contributed by atoms with E-state index in [0.717, 1.165) is 6.08 Å². The molecular formula is C11H16F2O. The molecule has 14 heavy (non-hydrogen) atoms. The monoisotopic (exact) mass is 202 g/mol. The molecule has 0 aliphatic carbocycles. The quantitative estimate of drug-likeness (QED) is 0.678. The van der Waals surface area contributed by atoms with Crippen LogP contribution in [-0.2, 0) is 0 Å². The van der Waals surface area contributed by atoms with Gasteiger partial charge in [0.25, 0.3) is 0 Å². The van der Waals surface area contributed by atoms with Crippen molar-refractivity contribution >= 4 is 0 Å². The molecule has 0 bridgehead atoms. The molecule has 0 heterocycles. The van der Waals surface area contributed by atoms with Crippen molar-refractivity contribution in [1.29, 1.82) is 0 Å².